The molecule has 0 aliphatic rings. The van der Waals surface area contributed by atoms with Gasteiger partial charge in [0.25, 0.3) is 0 Å². The van der Waals surface area contributed by atoms with Crippen molar-refractivity contribution in [1.29, 1.82) is 0 Å². The minimum atomic E-state index is -2.68. The molecular formula is C6H13Cl2O2P. The van der Waals surface area contributed by atoms with Gasteiger partial charge in [-0.05, 0) is 6.42 Å². The lowest BCUT2D eigenvalue weighted by Gasteiger charge is -2.11. The maximum absolute atomic E-state index is 11.3. The van der Waals surface area contributed by atoms with Crippen LogP contribution in [0.25, 0.3) is 0 Å². The van der Waals surface area contributed by atoms with Crippen molar-refractivity contribution in [3.05, 3.63) is 0 Å². The second kappa shape index (κ2) is 6.30. The SMILES string of the molecule is CCCCOP(=O)(CCl)CCl. The zero-order valence-electron chi connectivity index (χ0n) is 6.56. The third kappa shape index (κ3) is 5.08. The predicted octanol–water partition coefficient (Wildman–Crippen LogP) is 3.47. The second-order valence-electron chi connectivity index (χ2n) is 2.24. The van der Waals surface area contributed by atoms with Gasteiger partial charge in [0.2, 0.25) is 7.37 Å². The van der Waals surface area contributed by atoms with Crippen LogP contribution in [-0.2, 0) is 9.09 Å². The molecule has 0 aromatic carbocycles. The second-order valence-corrected chi connectivity index (χ2v) is 6.04. The molecule has 11 heavy (non-hydrogen) atoms. The number of hydrogen-bond donors (Lipinski definition) is 0. The molecule has 0 aliphatic heterocycles. The van der Waals surface area contributed by atoms with Gasteiger partial charge in [-0.1, -0.05) is 13.3 Å². The molecule has 0 N–H and O–H groups in total. The summed E-state index contributed by atoms with van der Waals surface area (Å²) in [5.41, 5.74) is 0.0282. The number of rotatable bonds is 6. The van der Waals surface area contributed by atoms with Crippen LogP contribution < -0.4 is 0 Å². The maximum Gasteiger partial charge on any atom is 0.231 e. The molecule has 0 unspecified atom stereocenters. The summed E-state index contributed by atoms with van der Waals surface area (Å²) in [6.07, 6.45) is 1.92. The van der Waals surface area contributed by atoms with Crippen LogP contribution in [0.15, 0.2) is 0 Å². The van der Waals surface area contributed by atoms with E-state index in [0.717, 1.165) is 12.8 Å². The van der Waals surface area contributed by atoms with Crippen molar-refractivity contribution < 1.29 is 9.09 Å². The lowest BCUT2D eigenvalue weighted by atomic mass is 10.4. The Labute approximate surface area is 77.7 Å². The van der Waals surface area contributed by atoms with E-state index in [1.807, 2.05) is 6.92 Å². The Morgan fingerprint density at radius 1 is 1.36 bits per heavy atom. The number of halogens is 2. The highest BCUT2D eigenvalue weighted by Gasteiger charge is 2.19. The summed E-state index contributed by atoms with van der Waals surface area (Å²) in [7, 11) is -2.68. The van der Waals surface area contributed by atoms with E-state index in [1.54, 1.807) is 0 Å². The average molecular weight is 219 g/mol. The van der Waals surface area contributed by atoms with Gasteiger partial charge in [-0.25, -0.2) is 0 Å². The van der Waals surface area contributed by atoms with E-state index in [2.05, 4.69) is 0 Å². The predicted molar refractivity (Wildman–Crippen MR) is 49.9 cm³/mol. The van der Waals surface area contributed by atoms with Gasteiger partial charge in [0.1, 0.15) is 11.2 Å². The molecule has 0 saturated carbocycles. The van der Waals surface area contributed by atoms with Crippen LogP contribution in [0.4, 0.5) is 0 Å². The first-order valence-electron chi connectivity index (χ1n) is 3.53. The Morgan fingerprint density at radius 2 is 1.91 bits per heavy atom. The molecule has 0 atom stereocenters. The molecule has 68 valence electrons. The molecule has 0 saturated heterocycles. The van der Waals surface area contributed by atoms with E-state index in [4.69, 9.17) is 27.7 Å². The zero-order valence-corrected chi connectivity index (χ0v) is 8.96. The van der Waals surface area contributed by atoms with Crippen molar-refractivity contribution in [2.75, 3.05) is 17.8 Å². The summed E-state index contributed by atoms with van der Waals surface area (Å²) in [4.78, 5) is 0. The summed E-state index contributed by atoms with van der Waals surface area (Å²) < 4.78 is 16.4. The highest BCUT2D eigenvalue weighted by molar-refractivity contribution is 7.62. The highest BCUT2D eigenvalue weighted by atomic mass is 35.5. The minimum Gasteiger partial charge on any atom is -0.327 e. The molecule has 0 spiro atoms. The fraction of sp³-hybridized carbons (Fsp3) is 1.00. The van der Waals surface area contributed by atoms with Crippen LogP contribution in [0.1, 0.15) is 19.8 Å². The first-order valence-corrected chi connectivity index (χ1v) is 6.59. The van der Waals surface area contributed by atoms with Gasteiger partial charge in [0, 0.05) is 0 Å². The number of hydrogen-bond acceptors (Lipinski definition) is 2. The molecule has 0 aromatic heterocycles. The molecule has 0 fully saturated rings. The monoisotopic (exact) mass is 218 g/mol. The van der Waals surface area contributed by atoms with E-state index in [1.165, 1.54) is 0 Å². The molecule has 0 aliphatic carbocycles. The summed E-state index contributed by atoms with van der Waals surface area (Å²) in [6.45, 7) is 2.53. The lowest BCUT2D eigenvalue weighted by Crippen LogP contribution is -1.95. The van der Waals surface area contributed by atoms with Crippen LogP contribution >= 0.6 is 30.6 Å². The van der Waals surface area contributed by atoms with Crippen molar-refractivity contribution in [1.82, 2.24) is 0 Å². The van der Waals surface area contributed by atoms with Crippen molar-refractivity contribution >= 4 is 30.6 Å². The van der Waals surface area contributed by atoms with Gasteiger partial charge < -0.3 is 4.52 Å². The standard InChI is InChI=1S/C6H13Cl2O2P/c1-2-3-4-10-11(9,5-7)6-8/h2-6H2,1H3. The summed E-state index contributed by atoms with van der Waals surface area (Å²) in [5, 5.41) is 0. The lowest BCUT2D eigenvalue weighted by molar-refractivity contribution is 0.311. The average Bonchev–Trinajstić information content (AvgIpc) is 2.05. The molecular weight excluding hydrogens is 206 g/mol. The summed E-state index contributed by atoms with van der Waals surface area (Å²) in [6, 6.07) is 0. The summed E-state index contributed by atoms with van der Waals surface area (Å²) >= 11 is 10.8. The van der Waals surface area contributed by atoms with Crippen LogP contribution in [0.5, 0.6) is 0 Å². The van der Waals surface area contributed by atoms with E-state index >= 15 is 0 Å². The van der Waals surface area contributed by atoms with Gasteiger partial charge in [0.05, 0.1) is 6.61 Å². The van der Waals surface area contributed by atoms with Crippen LogP contribution in [0, 0.1) is 0 Å². The fourth-order valence-electron chi connectivity index (χ4n) is 0.476. The molecule has 0 rings (SSSR count). The maximum atomic E-state index is 11.3. The van der Waals surface area contributed by atoms with Crippen molar-refractivity contribution in [3.63, 3.8) is 0 Å². The number of alkyl halides is 2. The Hall–Kier alpha value is 0.770. The molecule has 0 aromatic rings. The van der Waals surface area contributed by atoms with Gasteiger partial charge in [-0.2, -0.15) is 0 Å². The smallest absolute Gasteiger partial charge is 0.231 e. The third-order valence-electron chi connectivity index (χ3n) is 1.19. The molecule has 5 heteroatoms. The van der Waals surface area contributed by atoms with Gasteiger partial charge >= 0.3 is 0 Å². The van der Waals surface area contributed by atoms with Gasteiger partial charge in [-0.3, -0.25) is 4.57 Å². The first-order chi connectivity index (χ1) is 5.18. The topological polar surface area (TPSA) is 26.3 Å². The fourth-order valence-corrected chi connectivity index (χ4v) is 2.32. The molecule has 2 nitrogen and oxygen atoms in total. The van der Waals surface area contributed by atoms with Gasteiger partial charge in [-0.15, -0.1) is 23.2 Å². The normalized spacial score (nSPS) is 11.9. The Morgan fingerprint density at radius 3 is 2.27 bits per heavy atom. The van der Waals surface area contributed by atoms with E-state index in [9.17, 15) is 4.57 Å². The van der Waals surface area contributed by atoms with Crippen LogP contribution in [0.3, 0.4) is 0 Å². The van der Waals surface area contributed by atoms with Crippen molar-refractivity contribution in [3.8, 4) is 0 Å². The zero-order chi connectivity index (χ0) is 8.74. The quantitative estimate of drug-likeness (QED) is 0.388. The first kappa shape index (κ1) is 11.8. The van der Waals surface area contributed by atoms with E-state index < -0.39 is 7.37 Å². The Balaban J connectivity index is 3.61. The van der Waals surface area contributed by atoms with E-state index in [0.29, 0.717) is 6.61 Å². The summed E-state index contributed by atoms with van der Waals surface area (Å²) in [5.74, 6) is 0. The number of unbranched alkanes of at least 4 members (excludes halogenated alkanes) is 1. The van der Waals surface area contributed by atoms with Crippen molar-refractivity contribution in [2.24, 2.45) is 0 Å². The largest absolute Gasteiger partial charge is 0.327 e. The van der Waals surface area contributed by atoms with E-state index in [-0.39, 0.29) is 11.2 Å². The minimum absolute atomic E-state index is 0.0141. The van der Waals surface area contributed by atoms with Gasteiger partial charge in [0.15, 0.2) is 0 Å². The van der Waals surface area contributed by atoms with Crippen molar-refractivity contribution in [2.45, 2.75) is 19.8 Å². The van der Waals surface area contributed by atoms with Crippen LogP contribution in [-0.4, -0.2) is 17.8 Å². The van der Waals surface area contributed by atoms with Crippen LogP contribution in [0.2, 0.25) is 0 Å². The molecule has 0 bridgehead atoms. The Bertz CT molecular complexity index is 133. The highest BCUT2D eigenvalue weighted by Crippen LogP contribution is 2.48. The molecule has 0 radical (unpaired) electrons. The molecule has 0 heterocycles. The third-order valence-corrected chi connectivity index (χ3v) is 4.76. The molecule has 0 amide bonds. The Kier molecular flexibility index (Phi) is 6.75.